The van der Waals surface area contributed by atoms with Gasteiger partial charge in [0.1, 0.15) is 11.2 Å². The number of hydrogen-bond acceptors (Lipinski definition) is 13. The highest BCUT2D eigenvalue weighted by Crippen LogP contribution is 2.16. The number of unbranched alkanes of at least 4 members (excludes halogenated alkanes) is 2. The van der Waals surface area contributed by atoms with Gasteiger partial charge in [0.2, 0.25) is 11.8 Å². The molecule has 0 saturated carbocycles. The zero-order chi connectivity index (χ0) is 48.7. The van der Waals surface area contributed by atoms with Gasteiger partial charge in [-0.05, 0) is 91.9 Å². The van der Waals surface area contributed by atoms with Crippen LogP contribution >= 0.6 is 0 Å². The molecule has 6 amide bonds. The van der Waals surface area contributed by atoms with Crippen LogP contribution in [0.2, 0.25) is 0 Å². The molecule has 19 heteroatoms. The number of carboxylic acids is 1. The maximum absolute atomic E-state index is 12.8. The van der Waals surface area contributed by atoms with Crippen molar-refractivity contribution in [1.29, 1.82) is 0 Å². The number of hydroxylamine groups is 2. The maximum atomic E-state index is 12.8. The summed E-state index contributed by atoms with van der Waals surface area (Å²) in [5, 5.41) is 20.0. The molecular weight excluding hydrogens is 823 g/mol. The largest absolute Gasteiger partial charge is 0.481 e. The Morgan fingerprint density at radius 2 is 0.952 bits per heavy atom. The first-order chi connectivity index (χ1) is 29.0. The Morgan fingerprint density at radius 1 is 0.587 bits per heavy atom. The zero-order valence-corrected chi connectivity index (χ0v) is 39.6. The normalized spacial score (nSPS) is 14.7. The molecule has 5 N–H and O–H groups in total. The summed E-state index contributed by atoms with van der Waals surface area (Å²) >= 11 is 0. The van der Waals surface area contributed by atoms with Crippen molar-refractivity contribution in [2.75, 3.05) is 13.1 Å². The van der Waals surface area contributed by atoms with Crippen LogP contribution in [-0.4, -0.2) is 106 Å². The van der Waals surface area contributed by atoms with Crippen molar-refractivity contribution in [2.24, 2.45) is 23.7 Å². The summed E-state index contributed by atoms with van der Waals surface area (Å²) in [5.74, 6) is -4.57. The molecule has 1 heterocycles. The molecule has 4 atom stereocenters. The highest BCUT2D eigenvalue weighted by atomic mass is 16.7. The van der Waals surface area contributed by atoms with Gasteiger partial charge in [0, 0.05) is 50.6 Å². The number of hydrogen-bond donors (Lipinski definition) is 5. The molecule has 0 radical (unpaired) electrons. The number of nitrogens with zero attached hydrogens (tertiary/aromatic N) is 1. The molecule has 360 valence electrons. The molecule has 0 bridgehead atoms. The van der Waals surface area contributed by atoms with Gasteiger partial charge in [-0.3, -0.25) is 33.6 Å². The van der Waals surface area contributed by atoms with Crippen LogP contribution in [0.5, 0.6) is 0 Å². The van der Waals surface area contributed by atoms with Crippen molar-refractivity contribution in [2.45, 2.75) is 183 Å². The van der Waals surface area contributed by atoms with E-state index in [9.17, 15) is 47.9 Å². The molecule has 0 aromatic heterocycles. The Morgan fingerprint density at radius 3 is 1.29 bits per heavy atom. The second kappa shape index (κ2) is 28.6. The zero-order valence-electron chi connectivity index (χ0n) is 39.6. The number of ketones is 2. The van der Waals surface area contributed by atoms with Gasteiger partial charge in [-0.1, -0.05) is 41.5 Å². The predicted octanol–water partition coefficient (Wildman–Crippen LogP) is 5.31. The number of carbonyl (C=O) groups is 10. The fourth-order valence-corrected chi connectivity index (χ4v) is 5.40. The van der Waals surface area contributed by atoms with Crippen LogP contribution < -0.4 is 21.3 Å². The smallest absolute Gasteiger partial charge is 0.407 e. The molecule has 1 saturated heterocycles. The third kappa shape index (κ3) is 26.9. The first-order valence-corrected chi connectivity index (χ1v) is 21.9. The first-order valence-electron chi connectivity index (χ1n) is 21.9. The third-order valence-corrected chi connectivity index (χ3v) is 9.77. The standard InChI is InChI=1S/C24H39N3O8.C20H36N2O6/c1-15(2)16(3)22(32)26-17(9-7-8-14-25-23(33)34-24(4,5)6)18(28)10-13-21(31)35-27-19(29)11-12-20(27)30;1-13(2)14(3)18(26)22-15(16(23)10-11-17(24)25)9-7-8-12-21-19(27)28-20(4,5)6/h15-17H,7-14H2,1-6H3,(H,25,33)(H,26,32);13-15H,7-12H2,1-6H3,(H,21,27)(H,22,26)(H,24,25)/t16-,17-;14-,15-/m00/s1. The summed E-state index contributed by atoms with van der Waals surface area (Å²) in [6.45, 7) is 22.6. The van der Waals surface area contributed by atoms with Crippen LogP contribution in [0.4, 0.5) is 9.59 Å². The summed E-state index contributed by atoms with van der Waals surface area (Å²) < 4.78 is 10.3. The number of ether oxygens (including phenoxy) is 2. The molecule has 0 aromatic rings. The van der Waals surface area contributed by atoms with Gasteiger partial charge >= 0.3 is 24.1 Å². The van der Waals surface area contributed by atoms with Gasteiger partial charge < -0.3 is 40.7 Å². The molecule has 0 aliphatic carbocycles. The Hall–Kier alpha value is -5.10. The minimum atomic E-state index is -1.05. The lowest BCUT2D eigenvalue weighted by Gasteiger charge is -2.22. The van der Waals surface area contributed by atoms with Gasteiger partial charge in [-0.2, -0.15) is 0 Å². The van der Waals surface area contributed by atoms with Crippen molar-refractivity contribution >= 4 is 59.3 Å². The quantitative estimate of drug-likeness (QED) is 0.0575. The van der Waals surface area contributed by atoms with Crippen molar-refractivity contribution in [3.05, 3.63) is 0 Å². The van der Waals surface area contributed by atoms with E-state index >= 15 is 0 Å². The number of alkyl carbamates (subject to hydrolysis) is 2. The second-order valence-corrected chi connectivity index (χ2v) is 18.4. The molecule has 0 unspecified atom stereocenters. The van der Waals surface area contributed by atoms with Crippen molar-refractivity contribution in [1.82, 2.24) is 26.3 Å². The lowest BCUT2D eigenvalue weighted by Crippen LogP contribution is -2.44. The molecule has 1 fully saturated rings. The van der Waals surface area contributed by atoms with Crippen molar-refractivity contribution in [3.63, 3.8) is 0 Å². The van der Waals surface area contributed by atoms with Crippen LogP contribution in [0.25, 0.3) is 0 Å². The van der Waals surface area contributed by atoms with E-state index in [0.29, 0.717) is 56.7 Å². The average molecular weight is 898 g/mol. The molecular formula is C44H75N5O14. The topological polar surface area (TPSA) is 270 Å². The summed E-state index contributed by atoms with van der Waals surface area (Å²) in [7, 11) is 0. The van der Waals surface area contributed by atoms with Gasteiger partial charge in [0.25, 0.3) is 11.8 Å². The molecule has 0 aromatic carbocycles. The fraction of sp³-hybridized carbons (Fsp3) is 0.773. The summed E-state index contributed by atoms with van der Waals surface area (Å²) in [5.41, 5.74) is -1.17. The monoisotopic (exact) mass is 898 g/mol. The van der Waals surface area contributed by atoms with Crippen LogP contribution in [-0.2, 0) is 52.7 Å². The second-order valence-electron chi connectivity index (χ2n) is 18.4. The number of carbonyl (C=O) groups excluding carboxylic acids is 9. The van der Waals surface area contributed by atoms with E-state index in [-0.39, 0.29) is 85.6 Å². The van der Waals surface area contributed by atoms with E-state index < -0.39 is 59.2 Å². The van der Waals surface area contributed by atoms with Gasteiger partial charge in [-0.15, -0.1) is 5.06 Å². The SMILES string of the molecule is CC(C)[C@H](C)C(=O)N[C@@H](CCCCNC(=O)OC(C)(C)C)C(=O)CCC(=O)O.CC(C)[C@H](C)C(=O)N[C@@H](CCCCNC(=O)OC(C)(C)C)C(=O)CCC(=O)ON1C(=O)CCC1=O. The van der Waals surface area contributed by atoms with Crippen LogP contribution in [0.1, 0.15) is 160 Å². The van der Waals surface area contributed by atoms with Crippen molar-refractivity contribution < 1.29 is 67.4 Å². The summed E-state index contributed by atoms with van der Waals surface area (Å²) in [4.78, 5) is 124. The van der Waals surface area contributed by atoms with E-state index in [1.54, 1.807) is 55.4 Å². The van der Waals surface area contributed by atoms with Gasteiger partial charge in [-0.25, -0.2) is 14.4 Å². The van der Waals surface area contributed by atoms with E-state index in [1.807, 2.05) is 27.7 Å². The number of Topliss-reactive ketones (excluding diaryl/α,β-unsaturated/α-hetero) is 2. The summed E-state index contributed by atoms with van der Waals surface area (Å²) in [6, 6.07) is -1.53. The average Bonchev–Trinajstić information content (AvgIpc) is 3.47. The molecule has 19 nitrogen and oxygen atoms in total. The van der Waals surface area contributed by atoms with Crippen LogP contribution in [0.3, 0.4) is 0 Å². The summed E-state index contributed by atoms with van der Waals surface area (Å²) in [6.07, 6.45) is 1.02. The van der Waals surface area contributed by atoms with E-state index in [1.165, 1.54) is 0 Å². The number of nitrogens with one attached hydrogen (secondary N) is 4. The third-order valence-electron chi connectivity index (χ3n) is 9.77. The Kier molecular flexibility index (Phi) is 26.2. The van der Waals surface area contributed by atoms with Gasteiger partial charge in [0.15, 0.2) is 11.6 Å². The highest BCUT2D eigenvalue weighted by molar-refractivity contribution is 6.01. The Labute approximate surface area is 372 Å². The fourth-order valence-electron chi connectivity index (χ4n) is 5.40. The number of imide groups is 1. The number of rotatable bonds is 25. The Balaban J connectivity index is 0.00000125. The molecule has 0 spiro atoms. The van der Waals surface area contributed by atoms with E-state index in [0.717, 1.165) is 0 Å². The van der Waals surface area contributed by atoms with E-state index in [4.69, 9.17) is 19.4 Å². The van der Waals surface area contributed by atoms with Crippen LogP contribution in [0, 0.1) is 23.7 Å². The predicted molar refractivity (Wildman–Crippen MR) is 231 cm³/mol. The Bertz CT molecular complexity index is 1550. The van der Waals surface area contributed by atoms with Crippen LogP contribution in [0.15, 0.2) is 0 Å². The number of aliphatic carboxylic acids is 1. The maximum Gasteiger partial charge on any atom is 0.407 e. The molecule has 63 heavy (non-hydrogen) atoms. The molecule has 1 aliphatic heterocycles. The van der Waals surface area contributed by atoms with Gasteiger partial charge in [0.05, 0.1) is 24.9 Å². The highest BCUT2D eigenvalue weighted by Gasteiger charge is 2.33. The minimum absolute atomic E-state index is 0.0179. The number of amides is 6. The molecule has 1 aliphatic rings. The minimum Gasteiger partial charge on any atom is -0.481 e. The first kappa shape index (κ1) is 57.9. The van der Waals surface area contributed by atoms with E-state index in [2.05, 4.69) is 21.3 Å². The lowest BCUT2D eigenvalue weighted by molar-refractivity contribution is -0.197. The van der Waals surface area contributed by atoms with Crippen molar-refractivity contribution in [3.8, 4) is 0 Å². The molecule has 1 rings (SSSR count). The number of carboxylic acid groups (broad SMARTS) is 1. The lowest BCUT2D eigenvalue weighted by atomic mass is 9.95.